The number of rotatable bonds is 1. The van der Waals surface area contributed by atoms with Crippen LogP contribution in [0.2, 0.25) is 0 Å². The van der Waals surface area contributed by atoms with E-state index >= 15 is 4.57 Å². The summed E-state index contributed by atoms with van der Waals surface area (Å²) >= 11 is 0. The van der Waals surface area contributed by atoms with Crippen molar-refractivity contribution in [3.05, 3.63) is 114 Å². The van der Waals surface area contributed by atoms with Gasteiger partial charge in [-0.05, 0) is 28.3 Å². The van der Waals surface area contributed by atoms with E-state index in [9.17, 15) is 0 Å². The Labute approximate surface area is 181 Å². The molecule has 150 valence electrons. The van der Waals surface area contributed by atoms with Gasteiger partial charge < -0.3 is 4.57 Å². The Hall–Kier alpha value is -3.29. The Morgan fingerprint density at radius 2 is 1.35 bits per heavy atom. The maximum absolute atomic E-state index is 15.2. The van der Waals surface area contributed by atoms with Crippen molar-refractivity contribution in [2.24, 2.45) is 0 Å². The first-order valence-electron chi connectivity index (χ1n) is 10.5. The van der Waals surface area contributed by atoms with Gasteiger partial charge in [0.05, 0.1) is 5.69 Å². The average Bonchev–Trinajstić information content (AvgIpc) is 2.99. The lowest BCUT2D eigenvalue weighted by Gasteiger charge is -2.27. The number of aromatic nitrogens is 2. The van der Waals surface area contributed by atoms with Crippen LogP contribution < -0.4 is 15.9 Å². The smallest absolute Gasteiger partial charge is 0.172 e. The molecule has 1 unspecified atom stereocenters. The molecule has 0 spiro atoms. The molecule has 4 heteroatoms. The highest BCUT2D eigenvalue weighted by atomic mass is 31.2. The van der Waals surface area contributed by atoms with Gasteiger partial charge in [0.2, 0.25) is 0 Å². The third-order valence-corrected chi connectivity index (χ3v) is 9.81. The van der Waals surface area contributed by atoms with Crippen LogP contribution >= 0.6 is 7.14 Å². The molecule has 1 atom stereocenters. The van der Waals surface area contributed by atoms with Crippen LogP contribution in [0, 0.1) is 0 Å². The molecule has 0 saturated carbocycles. The lowest BCUT2D eigenvalue weighted by molar-refractivity contribution is 0.592. The van der Waals surface area contributed by atoms with Crippen LogP contribution in [0.25, 0.3) is 11.1 Å². The fraction of sp³-hybridized carbons (Fsp3) is 0.111. The van der Waals surface area contributed by atoms with Gasteiger partial charge >= 0.3 is 0 Å². The topological polar surface area (TPSA) is 42.9 Å². The minimum absolute atomic E-state index is 0.282. The van der Waals surface area contributed by atoms with Gasteiger partial charge in [-0.2, -0.15) is 10.2 Å². The highest BCUT2D eigenvalue weighted by Gasteiger charge is 2.47. The van der Waals surface area contributed by atoms with E-state index in [1.54, 1.807) is 6.20 Å². The fourth-order valence-electron chi connectivity index (χ4n) is 5.29. The standard InChI is InChI=1S/C27H21N2OP/c1-27(2)21-16-17-28-29-26(21)24-19-12-6-8-14-22(19)31(30,18-10-4-3-5-11-18)23-15-9-7-13-20(23)25(24)27/h3-17H,1-2H3. The maximum Gasteiger partial charge on any atom is 0.172 e. The van der Waals surface area contributed by atoms with Gasteiger partial charge in [0, 0.05) is 33.1 Å². The molecule has 3 nitrogen and oxygen atoms in total. The van der Waals surface area contributed by atoms with Crippen LogP contribution in [-0.4, -0.2) is 10.2 Å². The fourth-order valence-corrected chi connectivity index (χ4v) is 8.34. The Morgan fingerprint density at radius 3 is 2.10 bits per heavy atom. The summed E-state index contributed by atoms with van der Waals surface area (Å²) in [6.07, 6.45) is 1.76. The first kappa shape index (κ1) is 18.5. The third kappa shape index (κ3) is 2.33. The van der Waals surface area contributed by atoms with Gasteiger partial charge in [0.15, 0.2) is 7.14 Å². The molecule has 0 saturated heterocycles. The van der Waals surface area contributed by atoms with Crippen molar-refractivity contribution >= 4 is 34.2 Å². The second-order valence-electron chi connectivity index (χ2n) is 8.65. The Bertz CT molecular complexity index is 1440. The molecule has 1 aliphatic heterocycles. The van der Waals surface area contributed by atoms with Gasteiger partial charge in [0.1, 0.15) is 0 Å². The molecule has 3 aromatic carbocycles. The molecule has 0 N–H and O–H groups in total. The maximum atomic E-state index is 15.2. The van der Waals surface area contributed by atoms with E-state index in [-0.39, 0.29) is 5.41 Å². The van der Waals surface area contributed by atoms with Crippen LogP contribution in [0.3, 0.4) is 0 Å². The Balaban J connectivity index is 1.83. The monoisotopic (exact) mass is 420 g/mol. The van der Waals surface area contributed by atoms with Gasteiger partial charge in [-0.1, -0.05) is 92.7 Å². The van der Waals surface area contributed by atoms with Gasteiger partial charge in [-0.3, -0.25) is 0 Å². The molecule has 31 heavy (non-hydrogen) atoms. The van der Waals surface area contributed by atoms with Crippen molar-refractivity contribution in [1.29, 1.82) is 0 Å². The number of fused-ring (bicyclic) bond motifs is 6. The SMILES string of the molecule is CC1(C)C2=C(c3ccccc3P(=O)(c3ccccc3)c3ccccc32)c2nnccc21. The molecule has 2 heterocycles. The molecule has 2 aliphatic rings. The number of hydrogen-bond donors (Lipinski definition) is 0. The molecular weight excluding hydrogens is 399 g/mol. The van der Waals surface area contributed by atoms with Crippen molar-refractivity contribution in [3.8, 4) is 0 Å². The molecular formula is C27H21N2OP. The quantitative estimate of drug-likeness (QED) is 0.420. The molecule has 1 aliphatic carbocycles. The second kappa shape index (κ2) is 6.35. The second-order valence-corrected chi connectivity index (χ2v) is 11.3. The van der Waals surface area contributed by atoms with Gasteiger partial charge in [-0.25, -0.2) is 0 Å². The lowest BCUT2D eigenvalue weighted by Crippen LogP contribution is -2.29. The third-order valence-electron chi connectivity index (χ3n) is 6.65. The number of hydrogen-bond acceptors (Lipinski definition) is 3. The Morgan fingerprint density at radius 1 is 0.742 bits per heavy atom. The number of nitrogens with zero attached hydrogens (tertiary/aromatic N) is 2. The van der Waals surface area contributed by atoms with Crippen LogP contribution in [-0.2, 0) is 9.98 Å². The van der Waals surface area contributed by atoms with E-state index in [1.165, 1.54) is 5.57 Å². The largest absolute Gasteiger partial charge is 0.309 e. The molecule has 0 fully saturated rings. The van der Waals surface area contributed by atoms with Crippen LogP contribution in [0.5, 0.6) is 0 Å². The average molecular weight is 420 g/mol. The molecule has 1 aromatic heterocycles. The van der Waals surface area contributed by atoms with E-state index in [4.69, 9.17) is 0 Å². The van der Waals surface area contributed by atoms with Gasteiger partial charge in [0.25, 0.3) is 0 Å². The number of benzene rings is 3. The van der Waals surface area contributed by atoms with Crippen molar-refractivity contribution in [2.45, 2.75) is 19.3 Å². The number of allylic oxidation sites excluding steroid dienone is 1. The van der Waals surface area contributed by atoms with Crippen molar-refractivity contribution in [1.82, 2.24) is 10.2 Å². The predicted octanol–water partition coefficient (Wildman–Crippen LogP) is 4.68. The summed E-state index contributed by atoms with van der Waals surface area (Å²) in [5.74, 6) is 0. The normalized spacial score (nSPS) is 20.3. The molecule has 4 aromatic rings. The van der Waals surface area contributed by atoms with Crippen LogP contribution in [0.15, 0.2) is 91.1 Å². The first-order chi connectivity index (χ1) is 15.0. The molecule has 0 radical (unpaired) electrons. The van der Waals surface area contributed by atoms with E-state index in [0.717, 1.165) is 43.9 Å². The van der Waals surface area contributed by atoms with Crippen molar-refractivity contribution in [3.63, 3.8) is 0 Å². The summed E-state index contributed by atoms with van der Waals surface area (Å²) in [4.78, 5) is 0. The van der Waals surface area contributed by atoms with E-state index in [2.05, 4.69) is 42.2 Å². The van der Waals surface area contributed by atoms with Crippen molar-refractivity contribution < 1.29 is 4.57 Å². The van der Waals surface area contributed by atoms with E-state index in [1.807, 2.05) is 66.7 Å². The zero-order valence-electron chi connectivity index (χ0n) is 17.4. The Kier molecular flexibility index (Phi) is 3.79. The highest BCUT2D eigenvalue weighted by Crippen LogP contribution is 2.57. The van der Waals surface area contributed by atoms with E-state index < -0.39 is 7.14 Å². The summed E-state index contributed by atoms with van der Waals surface area (Å²) in [6, 6.07) is 28.3. The summed E-state index contributed by atoms with van der Waals surface area (Å²) in [5.41, 5.74) is 6.05. The summed E-state index contributed by atoms with van der Waals surface area (Å²) in [7, 11) is -3.10. The summed E-state index contributed by atoms with van der Waals surface area (Å²) < 4.78 is 15.2. The van der Waals surface area contributed by atoms with Crippen molar-refractivity contribution in [2.75, 3.05) is 0 Å². The van der Waals surface area contributed by atoms with Gasteiger partial charge in [-0.15, -0.1) is 0 Å². The van der Waals surface area contributed by atoms with E-state index in [0.29, 0.717) is 0 Å². The van der Waals surface area contributed by atoms with Crippen LogP contribution in [0.1, 0.15) is 36.2 Å². The van der Waals surface area contributed by atoms with Crippen LogP contribution in [0.4, 0.5) is 0 Å². The lowest BCUT2D eigenvalue weighted by atomic mass is 9.78. The first-order valence-corrected chi connectivity index (χ1v) is 12.2. The zero-order valence-corrected chi connectivity index (χ0v) is 18.3. The minimum atomic E-state index is -3.10. The highest BCUT2D eigenvalue weighted by molar-refractivity contribution is 7.85. The predicted molar refractivity (Wildman–Crippen MR) is 127 cm³/mol. The molecule has 6 rings (SSSR count). The summed E-state index contributed by atoms with van der Waals surface area (Å²) in [5, 5.41) is 11.4. The molecule has 0 bridgehead atoms. The zero-order chi connectivity index (χ0) is 21.2. The summed E-state index contributed by atoms with van der Waals surface area (Å²) in [6.45, 7) is 4.46. The minimum Gasteiger partial charge on any atom is -0.309 e. The molecule has 0 amide bonds.